The van der Waals surface area contributed by atoms with Gasteiger partial charge in [0.2, 0.25) is 6.79 Å². The predicted octanol–water partition coefficient (Wildman–Crippen LogP) is 2.19. The summed E-state index contributed by atoms with van der Waals surface area (Å²) in [5, 5.41) is 1.26. The number of amides is 2. The first-order valence-electron chi connectivity index (χ1n) is 7.45. The number of anilines is 1. The van der Waals surface area contributed by atoms with Gasteiger partial charge in [-0.05, 0) is 48.4 Å². The number of hydrazine groups is 1. The molecule has 0 unspecified atom stereocenters. The van der Waals surface area contributed by atoms with Crippen molar-refractivity contribution in [2.24, 2.45) is 0 Å². The lowest BCUT2D eigenvalue weighted by Crippen LogP contribution is -2.35. The van der Waals surface area contributed by atoms with E-state index in [0.717, 1.165) is 5.56 Å². The van der Waals surface area contributed by atoms with Gasteiger partial charge < -0.3 is 9.47 Å². The third-order valence-electron chi connectivity index (χ3n) is 3.86. The fourth-order valence-corrected chi connectivity index (χ4v) is 2.68. The molecule has 0 aromatic heterocycles. The molecule has 0 radical (unpaired) electrons. The molecule has 1 saturated heterocycles. The number of aryl methyl sites for hydroxylation is 1. The summed E-state index contributed by atoms with van der Waals surface area (Å²) in [4.78, 5) is 24.8. The minimum absolute atomic E-state index is 0.0790. The predicted molar refractivity (Wildman–Crippen MR) is 87.3 cm³/mol. The van der Waals surface area contributed by atoms with Crippen LogP contribution in [0.1, 0.15) is 11.1 Å². The molecule has 6 heteroatoms. The standard InChI is InChI=1S/C18H14N2O4/c1-11-3-2-4-13(7-11)20-18(22)14(17(21)19-20)8-12-5-6-15-16(9-12)24-10-23-15/h2-9H,10H2,1H3,(H,19,21)/b14-8+. The third-order valence-corrected chi connectivity index (χ3v) is 3.86. The van der Waals surface area contributed by atoms with Crippen LogP contribution in [0.15, 0.2) is 48.0 Å². The molecule has 1 N–H and O–H groups in total. The highest BCUT2D eigenvalue weighted by molar-refractivity contribution is 6.31. The Morgan fingerprint density at radius 1 is 1.08 bits per heavy atom. The van der Waals surface area contributed by atoms with Crippen molar-refractivity contribution in [3.63, 3.8) is 0 Å². The van der Waals surface area contributed by atoms with Gasteiger partial charge in [0, 0.05) is 0 Å². The van der Waals surface area contributed by atoms with E-state index < -0.39 is 5.91 Å². The van der Waals surface area contributed by atoms with Crippen molar-refractivity contribution in [1.82, 2.24) is 5.43 Å². The molecule has 24 heavy (non-hydrogen) atoms. The topological polar surface area (TPSA) is 67.9 Å². The maximum Gasteiger partial charge on any atom is 0.282 e. The molecule has 2 aromatic rings. The SMILES string of the molecule is Cc1cccc(N2NC(=O)/C(=C\c3ccc4c(c3)OCO4)C2=O)c1. The molecule has 2 heterocycles. The van der Waals surface area contributed by atoms with Gasteiger partial charge in [-0.2, -0.15) is 0 Å². The number of benzene rings is 2. The van der Waals surface area contributed by atoms with E-state index in [-0.39, 0.29) is 18.3 Å². The number of carbonyl (C=O) groups excluding carboxylic acids is 2. The third kappa shape index (κ3) is 2.38. The van der Waals surface area contributed by atoms with Crippen LogP contribution in [0.4, 0.5) is 5.69 Å². The zero-order valence-electron chi connectivity index (χ0n) is 12.9. The molecular formula is C18H14N2O4. The Labute approximate surface area is 138 Å². The van der Waals surface area contributed by atoms with Crippen molar-refractivity contribution in [3.8, 4) is 11.5 Å². The Kier molecular flexibility index (Phi) is 3.23. The van der Waals surface area contributed by atoms with Gasteiger partial charge in [-0.3, -0.25) is 15.0 Å². The average Bonchev–Trinajstić information content (AvgIpc) is 3.14. The van der Waals surface area contributed by atoms with Crippen LogP contribution in [0, 0.1) is 6.92 Å². The number of ether oxygens (including phenoxy) is 2. The van der Waals surface area contributed by atoms with E-state index >= 15 is 0 Å². The Hall–Kier alpha value is -3.28. The largest absolute Gasteiger partial charge is 0.454 e. The molecule has 0 aliphatic carbocycles. The van der Waals surface area contributed by atoms with E-state index in [0.29, 0.717) is 22.7 Å². The van der Waals surface area contributed by atoms with Crippen LogP contribution in [-0.4, -0.2) is 18.6 Å². The summed E-state index contributed by atoms with van der Waals surface area (Å²) in [5.41, 5.74) is 5.00. The summed E-state index contributed by atoms with van der Waals surface area (Å²) in [6, 6.07) is 12.6. The number of rotatable bonds is 2. The molecule has 2 amide bonds. The number of hydrogen-bond acceptors (Lipinski definition) is 4. The summed E-state index contributed by atoms with van der Waals surface area (Å²) in [5.74, 6) is 0.439. The maximum absolute atomic E-state index is 12.6. The summed E-state index contributed by atoms with van der Waals surface area (Å²) in [7, 11) is 0. The highest BCUT2D eigenvalue weighted by atomic mass is 16.7. The molecule has 1 fully saturated rings. The molecule has 0 spiro atoms. The summed E-state index contributed by atoms with van der Waals surface area (Å²) < 4.78 is 10.6. The van der Waals surface area contributed by atoms with Gasteiger partial charge in [-0.25, -0.2) is 5.01 Å². The quantitative estimate of drug-likeness (QED) is 0.680. The Balaban J connectivity index is 1.66. The minimum Gasteiger partial charge on any atom is -0.454 e. The fourth-order valence-electron chi connectivity index (χ4n) is 2.68. The summed E-state index contributed by atoms with van der Waals surface area (Å²) in [6.07, 6.45) is 1.55. The number of nitrogens with zero attached hydrogens (tertiary/aromatic N) is 1. The van der Waals surface area contributed by atoms with Crippen LogP contribution in [0.3, 0.4) is 0 Å². The number of hydrogen-bond donors (Lipinski definition) is 1. The van der Waals surface area contributed by atoms with Gasteiger partial charge in [0.1, 0.15) is 5.57 Å². The first kappa shape index (κ1) is 14.3. The molecule has 2 aliphatic heterocycles. The second kappa shape index (κ2) is 5.42. The van der Waals surface area contributed by atoms with Gasteiger partial charge in [-0.1, -0.05) is 18.2 Å². The molecule has 4 rings (SSSR count). The molecule has 2 aliphatic rings. The van der Waals surface area contributed by atoms with E-state index in [4.69, 9.17) is 9.47 Å². The second-order valence-corrected chi connectivity index (χ2v) is 5.59. The minimum atomic E-state index is -0.431. The lowest BCUT2D eigenvalue weighted by atomic mass is 10.1. The molecule has 0 atom stereocenters. The van der Waals surface area contributed by atoms with E-state index in [2.05, 4.69) is 5.43 Å². The molecule has 2 aromatic carbocycles. The van der Waals surface area contributed by atoms with E-state index in [1.165, 1.54) is 5.01 Å². The Morgan fingerprint density at radius 3 is 2.75 bits per heavy atom. The molecule has 0 bridgehead atoms. The Bertz CT molecular complexity index is 888. The second-order valence-electron chi connectivity index (χ2n) is 5.59. The van der Waals surface area contributed by atoms with Crippen molar-refractivity contribution in [2.75, 3.05) is 11.8 Å². The molecular weight excluding hydrogens is 308 g/mol. The zero-order valence-corrected chi connectivity index (χ0v) is 12.9. The van der Waals surface area contributed by atoms with Crippen LogP contribution in [0.25, 0.3) is 6.08 Å². The monoisotopic (exact) mass is 322 g/mol. The van der Waals surface area contributed by atoms with Gasteiger partial charge in [-0.15, -0.1) is 0 Å². The maximum atomic E-state index is 12.6. The first-order chi connectivity index (χ1) is 11.6. The molecule has 6 nitrogen and oxygen atoms in total. The number of carbonyl (C=O) groups is 2. The van der Waals surface area contributed by atoms with E-state index in [1.807, 2.05) is 25.1 Å². The number of fused-ring (bicyclic) bond motifs is 1. The Morgan fingerprint density at radius 2 is 1.92 bits per heavy atom. The van der Waals surface area contributed by atoms with Crippen molar-refractivity contribution in [2.45, 2.75) is 6.92 Å². The normalized spacial score (nSPS) is 17.5. The van der Waals surface area contributed by atoms with Gasteiger partial charge >= 0.3 is 0 Å². The van der Waals surface area contributed by atoms with Crippen LogP contribution in [-0.2, 0) is 9.59 Å². The van der Waals surface area contributed by atoms with Crippen LogP contribution in [0.5, 0.6) is 11.5 Å². The molecule has 120 valence electrons. The summed E-state index contributed by atoms with van der Waals surface area (Å²) >= 11 is 0. The summed E-state index contributed by atoms with van der Waals surface area (Å²) in [6.45, 7) is 2.10. The highest BCUT2D eigenvalue weighted by Gasteiger charge is 2.34. The smallest absolute Gasteiger partial charge is 0.282 e. The average molecular weight is 322 g/mol. The van der Waals surface area contributed by atoms with Gasteiger partial charge in [0.05, 0.1) is 5.69 Å². The number of nitrogens with one attached hydrogen (secondary N) is 1. The van der Waals surface area contributed by atoms with Crippen molar-refractivity contribution >= 4 is 23.6 Å². The van der Waals surface area contributed by atoms with E-state index in [1.54, 1.807) is 30.3 Å². The van der Waals surface area contributed by atoms with Crippen molar-refractivity contribution < 1.29 is 19.1 Å². The zero-order chi connectivity index (χ0) is 16.7. The van der Waals surface area contributed by atoms with E-state index in [9.17, 15) is 9.59 Å². The van der Waals surface area contributed by atoms with Crippen LogP contribution in [0.2, 0.25) is 0 Å². The lowest BCUT2D eigenvalue weighted by molar-refractivity contribution is -0.117. The van der Waals surface area contributed by atoms with Crippen LogP contribution >= 0.6 is 0 Å². The molecule has 0 saturated carbocycles. The van der Waals surface area contributed by atoms with Crippen molar-refractivity contribution in [1.29, 1.82) is 0 Å². The van der Waals surface area contributed by atoms with Gasteiger partial charge in [0.15, 0.2) is 11.5 Å². The lowest BCUT2D eigenvalue weighted by Gasteiger charge is -2.14. The van der Waals surface area contributed by atoms with Crippen LogP contribution < -0.4 is 19.9 Å². The van der Waals surface area contributed by atoms with Crippen molar-refractivity contribution in [3.05, 3.63) is 59.2 Å². The fraction of sp³-hybridized carbons (Fsp3) is 0.111. The highest BCUT2D eigenvalue weighted by Crippen LogP contribution is 2.33. The first-order valence-corrected chi connectivity index (χ1v) is 7.45. The van der Waals surface area contributed by atoms with Gasteiger partial charge in [0.25, 0.3) is 11.8 Å².